The number of carbonyl (C=O) groups is 1. The molecule has 1 N–H and O–H groups in total. The van der Waals surface area contributed by atoms with E-state index in [2.05, 4.69) is 25.6 Å². The number of aromatic amines is 1. The molecule has 4 rings (SSSR count). The molecule has 0 spiro atoms. The Bertz CT molecular complexity index is 921. The van der Waals surface area contributed by atoms with Crippen LogP contribution in [0, 0.1) is 5.82 Å². The highest BCUT2D eigenvalue weighted by Gasteiger charge is 2.32. The lowest BCUT2D eigenvalue weighted by molar-refractivity contribution is 0.0688. The Morgan fingerprint density at radius 2 is 2.22 bits per heavy atom. The molecule has 138 valence electrons. The number of aromatic nitrogens is 5. The number of nitrogens with zero attached hydrogens (tertiary/aromatic N) is 5. The maximum Gasteiger partial charge on any atom is 0.273 e. The molecule has 1 aromatic carbocycles. The van der Waals surface area contributed by atoms with E-state index in [-0.39, 0.29) is 17.8 Å². The number of benzene rings is 1. The molecule has 0 saturated carbocycles. The van der Waals surface area contributed by atoms with Gasteiger partial charge in [0, 0.05) is 24.1 Å². The highest BCUT2D eigenvalue weighted by atomic mass is 32.2. The van der Waals surface area contributed by atoms with Crippen LogP contribution in [0.25, 0.3) is 0 Å². The van der Waals surface area contributed by atoms with Crippen molar-refractivity contribution in [1.82, 2.24) is 30.5 Å². The Morgan fingerprint density at radius 1 is 1.30 bits per heavy atom. The molecule has 1 aliphatic rings. The van der Waals surface area contributed by atoms with Crippen molar-refractivity contribution in [3.63, 3.8) is 0 Å². The summed E-state index contributed by atoms with van der Waals surface area (Å²) in [6.07, 6.45) is 1.44. The molecule has 1 aliphatic heterocycles. The molecule has 1 amide bonds. The zero-order valence-electron chi connectivity index (χ0n) is 14.1. The molecule has 0 bridgehead atoms. The molecule has 3 heterocycles. The number of thioether (sulfide) groups is 1. The number of carbonyl (C=O) groups excluding carboxylic acids is 1. The van der Waals surface area contributed by atoms with E-state index in [4.69, 9.17) is 4.74 Å². The van der Waals surface area contributed by atoms with Crippen LogP contribution in [0.3, 0.4) is 0 Å². The number of tetrazole rings is 1. The SMILES string of the molecule is O=C(c1ccc(Oc2cccc(F)c2)cn1)N1CCSCC1c1nn[nH]n1. The van der Waals surface area contributed by atoms with E-state index in [9.17, 15) is 9.18 Å². The number of pyridine rings is 1. The largest absolute Gasteiger partial charge is 0.456 e. The summed E-state index contributed by atoms with van der Waals surface area (Å²) in [6.45, 7) is 0.575. The molecule has 0 radical (unpaired) electrons. The average Bonchev–Trinajstić information content (AvgIpc) is 3.23. The smallest absolute Gasteiger partial charge is 0.273 e. The van der Waals surface area contributed by atoms with Crippen molar-refractivity contribution in [2.45, 2.75) is 6.04 Å². The van der Waals surface area contributed by atoms with Crippen molar-refractivity contribution in [2.24, 2.45) is 0 Å². The van der Waals surface area contributed by atoms with Gasteiger partial charge in [-0.25, -0.2) is 9.37 Å². The van der Waals surface area contributed by atoms with Crippen molar-refractivity contribution < 1.29 is 13.9 Å². The standard InChI is InChI=1S/C17H15FN6O2S/c18-11-2-1-3-12(8-11)26-13-4-5-14(19-9-13)17(25)24-6-7-27-10-15(24)16-20-22-23-21-16/h1-5,8-9,15H,6-7,10H2,(H,20,21,22,23). The maximum absolute atomic E-state index is 13.2. The van der Waals surface area contributed by atoms with Crippen LogP contribution >= 0.6 is 11.8 Å². The summed E-state index contributed by atoms with van der Waals surface area (Å²) >= 11 is 1.74. The Kier molecular flexibility index (Phi) is 4.97. The van der Waals surface area contributed by atoms with E-state index in [1.807, 2.05) is 0 Å². The second-order valence-corrected chi connectivity index (χ2v) is 6.95. The highest BCUT2D eigenvalue weighted by molar-refractivity contribution is 7.99. The first-order valence-electron chi connectivity index (χ1n) is 8.22. The van der Waals surface area contributed by atoms with Gasteiger partial charge in [-0.3, -0.25) is 4.79 Å². The first-order valence-corrected chi connectivity index (χ1v) is 9.38. The first kappa shape index (κ1) is 17.4. The van der Waals surface area contributed by atoms with Crippen molar-refractivity contribution >= 4 is 17.7 Å². The Hall–Kier alpha value is -3.01. The molecule has 8 nitrogen and oxygen atoms in total. The third-order valence-corrected chi connectivity index (χ3v) is 5.06. The molecule has 27 heavy (non-hydrogen) atoms. The zero-order chi connectivity index (χ0) is 18.6. The molecule has 1 unspecified atom stereocenters. The minimum Gasteiger partial charge on any atom is -0.456 e. The number of ether oxygens (including phenoxy) is 1. The van der Waals surface area contributed by atoms with E-state index in [0.29, 0.717) is 35.3 Å². The summed E-state index contributed by atoms with van der Waals surface area (Å²) < 4.78 is 18.8. The molecular weight excluding hydrogens is 371 g/mol. The lowest BCUT2D eigenvalue weighted by atomic mass is 10.2. The van der Waals surface area contributed by atoms with Gasteiger partial charge in [0.2, 0.25) is 0 Å². The normalized spacial score (nSPS) is 16.9. The van der Waals surface area contributed by atoms with Crippen LogP contribution in [0.15, 0.2) is 42.6 Å². The van der Waals surface area contributed by atoms with Crippen molar-refractivity contribution in [1.29, 1.82) is 0 Å². The van der Waals surface area contributed by atoms with Crippen LogP contribution in [0.1, 0.15) is 22.4 Å². The van der Waals surface area contributed by atoms with Crippen LogP contribution in [0.2, 0.25) is 0 Å². The van der Waals surface area contributed by atoms with E-state index in [0.717, 1.165) is 5.75 Å². The molecule has 10 heteroatoms. The van der Waals surface area contributed by atoms with E-state index in [1.165, 1.54) is 18.3 Å². The van der Waals surface area contributed by atoms with E-state index >= 15 is 0 Å². The third kappa shape index (κ3) is 3.90. The number of hydrogen-bond acceptors (Lipinski definition) is 7. The van der Waals surface area contributed by atoms with Gasteiger partial charge >= 0.3 is 0 Å². The Labute approximate surface area is 158 Å². The fraction of sp³-hybridized carbons (Fsp3) is 0.235. The van der Waals surface area contributed by atoms with Gasteiger partial charge in [0.1, 0.15) is 29.1 Å². The number of hydrogen-bond donors (Lipinski definition) is 1. The fourth-order valence-corrected chi connectivity index (χ4v) is 3.80. The quantitative estimate of drug-likeness (QED) is 0.736. The summed E-state index contributed by atoms with van der Waals surface area (Å²) in [7, 11) is 0. The summed E-state index contributed by atoms with van der Waals surface area (Å²) in [5, 5.41) is 14.0. The second kappa shape index (κ2) is 7.70. The van der Waals surface area contributed by atoms with E-state index < -0.39 is 0 Å². The second-order valence-electron chi connectivity index (χ2n) is 5.80. The molecule has 3 aromatic rings. The number of amides is 1. The van der Waals surface area contributed by atoms with Crippen molar-refractivity contribution in [3.8, 4) is 11.5 Å². The average molecular weight is 386 g/mol. The Morgan fingerprint density at radius 3 is 2.96 bits per heavy atom. The third-order valence-electron chi connectivity index (χ3n) is 4.04. The van der Waals surface area contributed by atoms with Crippen LogP contribution in [-0.2, 0) is 0 Å². The van der Waals surface area contributed by atoms with Gasteiger partial charge in [0.15, 0.2) is 5.82 Å². The Balaban J connectivity index is 1.50. The van der Waals surface area contributed by atoms with Crippen molar-refractivity contribution in [3.05, 3.63) is 59.9 Å². The van der Waals surface area contributed by atoms with Crippen LogP contribution in [-0.4, -0.2) is 54.5 Å². The molecular formula is C17H15FN6O2S. The van der Waals surface area contributed by atoms with E-state index in [1.54, 1.807) is 40.9 Å². The fourth-order valence-electron chi connectivity index (χ4n) is 2.75. The lowest BCUT2D eigenvalue weighted by Crippen LogP contribution is -2.41. The lowest BCUT2D eigenvalue weighted by Gasteiger charge is -2.33. The zero-order valence-corrected chi connectivity index (χ0v) is 14.9. The predicted molar refractivity (Wildman–Crippen MR) is 96.0 cm³/mol. The summed E-state index contributed by atoms with van der Waals surface area (Å²) in [6, 6.07) is 8.79. The first-order chi connectivity index (χ1) is 13.2. The van der Waals surface area contributed by atoms with Gasteiger partial charge in [-0.05, 0) is 24.3 Å². The number of H-pyrrole nitrogens is 1. The highest BCUT2D eigenvalue weighted by Crippen LogP contribution is 2.28. The van der Waals surface area contributed by atoms with Crippen LogP contribution in [0.4, 0.5) is 4.39 Å². The van der Waals surface area contributed by atoms with Gasteiger partial charge in [0.05, 0.1) is 6.20 Å². The minimum atomic E-state index is -0.386. The number of rotatable bonds is 4. The topological polar surface area (TPSA) is 96.9 Å². The van der Waals surface area contributed by atoms with Gasteiger partial charge in [-0.1, -0.05) is 11.3 Å². The van der Waals surface area contributed by atoms with Gasteiger partial charge in [0.25, 0.3) is 5.91 Å². The van der Waals surface area contributed by atoms with Gasteiger partial charge in [-0.15, -0.1) is 10.2 Å². The van der Waals surface area contributed by atoms with Gasteiger partial charge in [-0.2, -0.15) is 17.0 Å². The van der Waals surface area contributed by atoms with Crippen LogP contribution < -0.4 is 4.74 Å². The predicted octanol–water partition coefficient (Wildman–Crippen LogP) is 2.46. The molecule has 1 atom stereocenters. The molecule has 2 aromatic heterocycles. The molecule has 1 fully saturated rings. The van der Waals surface area contributed by atoms with Gasteiger partial charge < -0.3 is 9.64 Å². The van der Waals surface area contributed by atoms with Crippen molar-refractivity contribution in [2.75, 3.05) is 18.1 Å². The summed E-state index contributed by atoms with van der Waals surface area (Å²) in [4.78, 5) is 18.8. The molecule has 1 saturated heterocycles. The number of halogens is 1. The molecule has 0 aliphatic carbocycles. The number of nitrogens with one attached hydrogen (secondary N) is 1. The summed E-state index contributed by atoms with van der Waals surface area (Å²) in [5.74, 6) is 2.21. The monoisotopic (exact) mass is 386 g/mol. The summed E-state index contributed by atoms with van der Waals surface area (Å²) in [5.41, 5.74) is 0.294. The maximum atomic E-state index is 13.2. The minimum absolute atomic E-state index is 0.206. The van der Waals surface area contributed by atoms with Crippen LogP contribution in [0.5, 0.6) is 11.5 Å².